The number of likely N-dealkylation sites (tertiary alicyclic amines) is 1. The van der Waals surface area contributed by atoms with Gasteiger partial charge in [0, 0.05) is 10.6 Å². The number of carbonyl (C=O) groups is 3. The zero-order chi connectivity index (χ0) is 17.3. The molecule has 2 amide bonds. The minimum Gasteiger partial charge on any atom is -0.459 e. The van der Waals surface area contributed by atoms with Crippen LogP contribution >= 0.6 is 11.6 Å². The van der Waals surface area contributed by atoms with Crippen LogP contribution in [-0.4, -0.2) is 28.7 Å². The minimum atomic E-state index is -0.905. The zero-order valence-corrected chi connectivity index (χ0v) is 14.3. The molecule has 1 aromatic rings. The first-order valence-corrected chi connectivity index (χ1v) is 8.65. The Morgan fingerprint density at radius 2 is 1.79 bits per heavy atom. The fourth-order valence-corrected chi connectivity index (χ4v) is 3.75. The number of hydrogen-bond acceptors (Lipinski definition) is 4. The molecular formula is C18H20ClNO4. The minimum absolute atomic E-state index is 0.0198. The molecule has 6 heteroatoms. The summed E-state index contributed by atoms with van der Waals surface area (Å²) in [5, 5.41) is 0.511. The third-order valence-corrected chi connectivity index (χ3v) is 5.30. The number of imide groups is 1. The molecule has 0 bridgehead atoms. The van der Waals surface area contributed by atoms with Crippen LogP contribution in [0.1, 0.15) is 38.2 Å². The third kappa shape index (κ3) is 3.05. The van der Waals surface area contributed by atoms with Crippen LogP contribution < -0.4 is 0 Å². The predicted octanol–water partition coefficient (Wildman–Crippen LogP) is 2.95. The Morgan fingerprint density at radius 1 is 1.21 bits per heavy atom. The van der Waals surface area contributed by atoms with Crippen LogP contribution in [0.2, 0.25) is 5.02 Å². The summed E-state index contributed by atoms with van der Waals surface area (Å²) in [7, 11) is 0. The summed E-state index contributed by atoms with van der Waals surface area (Å²) in [4.78, 5) is 38.4. The van der Waals surface area contributed by atoms with Crippen LogP contribution in [0.3, 0.4) is 0 Å². The van der Waals surface area contributed by atoms with E-state index in [2.05, 4.69) is 0 Å². The number of nitrogens with zero attached hydrogens (tertiary/aromatic N) is 1. The third-order valence-electron chi connectivity index (χ3n) is 4.93. The summed E-state index contributed by atoms with van der Waals surface area (Å²) in [6.07, 6.45) is 3.37. The van der Waals surface area contributed by atoms with E-state index in [4.69, 9.17) is 16.3 Å². The highest BCUT2D eigenvalue weighted by molar-refractivity contribution is 6.31. The van der Waals surface area contributed by atoms with E-state index in [0.29, 0.717) is 10.6 Å². The van der Waals surface area contributed by atoms with Crippen LogP contribution in [0.15, 0.2) is 24.3 Å². The second kappa shape index (κ2) is 6.93. The van der Waals surface area contributed by atoms with E-state index >= 15 is 0 Å². The molecule has 1 saturated carbocycles. The number of esters is 1. The largest absolute Gasteiger partial charge is 0.459 e. The molecule has 0 spiro atoms. The van der Waals surface area contributed by atoms with E-state index in [0.717, 1.165) is 30.6 Å². The number of fused-ring (bicyclic) bond motifs is 1. The van der Waals surface area contributed by atoms with Gasteiger partial charge in [0.05, 0.1) is 11.8 Å². The molecule has 2 aliphatic rings. The maximum Gasteiger partial charge on any atom is 0.329 e. The smallest absolute Gasteiger partial charge is 0.329 e. The Balaban J connectivity index is 1.66. The van der Waals surface area contributed by atoms with Crippen molar-refractivity contribution in [2.75, 3.05) is 0 Å². The molecule has 1 heterocycles. The molecule has 0 aromatic heterocycles. The van der Waals surface area contributed by atoms with Crippen molar-refractivity contribution in [3.05, 3.63) is 34.9 Å². The van der Waals surface area contributed by atoms with Crippen molar-refractivity contribution in [1.82, 2.24) is 4.90 Å². The van der Waals surface area contributed by atoms with Gasteiger partial charge >= 0.3 is 5.97 Å². The number of halogens is 1. The van der Waals surface area contributed by atoms with E-state index < -0.39 is 12.0 Å². The van der Waals surface area contributed by atoms with Crippen LogP contribution in [0.4, 0.5) is 0 Å². The lowest BCUT2D eigenvalue weighted by Crippen LogP contribution is -2.44. The molecule has 24 heavy (non-hydrogen) atoms. The molecule has 3 unspecified atom stereocenters. The van der Waals surface area contributed by atoms with Crippen molar-refractivity contribution >= 4 is 29.4 Å². The molecule has 0 radical (unpaired) electrons. The molecule has 2 fully saturated rings. The van der Waals surface area contributed by atoms with Gasteiger partial charge in [-0.2, -0.15) is 0 Å². The summed E-state index contributed by atoms with van der Waals surface area (Å²) in [5.74, 6) is -1.57. The Kier molecular flexibility index (Phi) is 4.90. The van der Waals surface area contributed by atoms with Crippen LogP contribution in [0, 0.1) is 11.8 Å². The number of amides is 2. The van der Waals surface area contributed by atoms with Gasteiger partial charge in [0.25, 0.3) is 0 Å². The van der Waals surface area contributed by atoms with E-state index in [-0.39, 0.29) is 30.3 Å². The van der Waals surface area contributed by atoms with Crippen molar-refractivity contribution in [2.24, 2.45) is 11.8 Å². The van der Waals surface area contributed by atoms with Crippen molar-refractivity contribution in [3.63, 3.8) is 0 Å². The number of carbonyl (C=O) groups excluding carboxylic acids is 3. The fraction of sp³-hybridized carbons (Fsp3) is 0.500. The van der Waals surface area contributed by atoms with E-state index in [9.17, 15) is 14.4 Å². The molecule has 1 saturated heterocycles. The first kappa shape index (κ1) is 17.0. The highest BCUT2D eigenvalue weighted by atomic mass is 35.5. The topological polar surface area (TPSA) is 63.7 Å². The number of benzene rings is 1. The summed E-state index contributed by atoms with van der Waals surface area (Å²) in [6.45, 7) is 1.56. The lowest BCUT2D eigenvalue weighted by atomic mass is 9.81. The van der Waals surface area contributed by atoms with Crippen LogP contribution in [0.5, 0.6) is 0 Å². The van der Waals surface area contributed by atoms with Crippen molar-refractivity contribution in [3.8, 4) is 0 Å². The summed E-state index contributed by atoms with van der Waals surface area (Å²) in [6, 6.07) is 6.17. The lowest BCUT2D eigenvalue weighted by molar-refractivity contribution is -0.159. The number of ether oxygens (including phenoxy) is 1. The van der Waals surface area contributed by atoms with Gasteiger partial charge in [-0.15, -0.1) is 0 Å². The normalized spacial score (nSPS) is 24.7. The molecule has 1 aliphatic carbocycles. The van der Waals surface area contributed by atoms with Gasteiger partial charge in [-0.1, -0.05) is 42.6 Å². The van der Waals surface area contributed by atoms with Crippen molar-refractivity contribution < 1.29 is 19.1 Å². The predicted molar refractivity (Wildman–Crippen MR) is 88.0 cm³/mol. The first-order valence-electron chi connectivity index (χ1n) is 8.27. The molecular weight excluding hydrogens is 330 g/mol. The standard InChI is InChI=1S/C18H20ClNO4/c1-11(18(23)24-10-12-6-2-5-9-15(12)19)20-16(21)13-7-3-4-8-14(13)17(20)22/h2,5-6,9,11,13-14H,3-4,7-8,10H2,1H3. The van der Waals surface area contributed by atoms with Crippen LogP contribution in [0.25, 0.3) is 0 Å². The second-order valence-corrected chi connectivity index (χ2v) is 6.83. The Bertz CT molecular complexity index is 651. The first-order chi connectivity index (χ1) is 11.5. The molecule has 3 atom stereocenters. The molecule has 5 nitrogen and oxygen atoms in total. The van der Waals surface area contributed by atoms with Crippen molar-refractivity contribution in [1.29, 1.82) is 0 Å². The van der Waals surface area contributed by atoms with Crippen LogP contribution in [-0.2, 0) is 25.7 Å². The van der Waals surface area contributed by atoms with E-state index in [1.54, 1.807) is 31.2 Å². The Morgan fingerprint density at radius 3 is 2.38 bits per heavy atom. The summed E-state index contributed by atoms with van der Waals surface area (Å²) < 4.78 is 5.26. The molecule has 0 N–H and O–H groups in total. The average Bonchev–Trinajstić information content (AvgIpc) is 2.85. The van der Waals surface area contributed by atoms with Gasteiger partial charge < -0.3 is 4.74 Å². The Labute approximate surface area is 145 Å². The highest BCUT2D eigenvalue weighted by Crippen LogP contribution is 2.38. The van der Waals surface area contributed by atoms with Gasteiger partial charge in [0.2, 0.25) is 11.8 Å². The van der Waals surface area contributed by atoms with Gasteiger partial charge in [0.15, 0.2) is 0 Å². The summed E-state index contributed by atoms with van der Waals surface area (Å²) in [5.41, 5.74) is 0.687. The molecule has 3 rings (SSSR count). The fourth-order valence-electron chi connectivity index (χ4n) is 3.56. The maximum absolute atomic E-state index is 12.5. The summed E-state index contributed by atoms with van der Waals surface area (Å²) >= 11 is 6.03. The lowest BCUT2D eigenvalue weighted by Gasteiger charge is -2.21. The molecule has 1 aromatic carbocycles. The van der Waals surface area contributed by atoms with Gasteiger partial charge in [-0.3, -0.25) is 14.5 Å². The Hall–Kier alpha value is -1.88. The van der Waals surface area contributed by atoms with E-state index in [1.807, 2.05) is 0 Å². The second-order valence-electron chi connectivity index (χ2n) is 6.42. The van der Waals surface area contributed by atoms with Crippen molar-refractivity contribution in [2.45, 2.75) is 45.3 Å². The van der Waals surface area contributed by atoms with Gasteiger partial charge in [-0.05, 0) is 25.8 Å². The van der Waals surface area contributed by atoms with E-state index in [1.165, 1.54) is 0 Å². The number of hydrogen-bond donors (Lipinski definition) is 0. The maximum atomic E-state index is 12.5. The number of rotatable bonds is 4. The van der Waals surface area contributed by atoms with Gasteiger partial charge in [-0.25, -0.2) is 4.79 Å². The quantitative estimate of drug-likeness (QED) is 0.619. The van der Waals surface area contributed by atoms with Gasteiger partial charge in [0.1, 0.15) is 12.6 Å². The molecule has 128 valence electrons. The zero-order valence-electron chi connectivity index (χ0n) is 13.5. The molecule has 1 aliphatic heterocycles. The SMILES string of the molecule is CC(C(=O)OCc1ccccc1Cl)N1C(=O)C2CCCCC2C1=O. The average molecular weight is 350 g/mol. The monoisotopic (exact) mass is 349 g/mol. The highest BCUT2D eigenvalue weighted by Gasteiger charge is 2.51.